The van der Waals surface area contributed by atoms with Gasteiger partial charge in [0.2, 0.25) is 0 Å². The molecule has 2 rings (SSSR count). The van der Waals surface area contributed by atoms with E-state index in [1.807, 2.05) is 45.0 Å². The number of piperidine rings is 1. The lowest BCUT2D eigenvalue weighted by molar-refractivity contribution is -0.119. The van der Waals surface area contributed by atoms with Gasteiger partial charge < -0.3 is 14.4 Å². The number of halogens is 1. The number of hydrogen-bond acceptors (Lipinski definition) is 3. The zero-order chi connectivity index (χ0) is 17.1. The van der Waals surface area contributed by atoms with Crippen molar-refractivity contribution in [1.29, 1.82) is 0 Å². The topological polar surface area (TPSA) is 46.6 Å². The maximum Gasteiger partial charge on any atom is 0.410 e. The summed E-state index contributed by atoms with van der Waals surface area (Å²) in [4.78, 5) is 25.7. The van der Waals surface area contributed by atoms with Gasteiger partial charge in [0.15, 0.2) is 0 Å². The van der Waals surface area contributed by atoms with Gasteiger partial charge in [-0.15, -0.1) is 0 Å². The van der Waals surface area contributed by atoms with E-state index in [0.29, 0.717) is 24.5 Å². The molecule has 1 aromatic carbocycles. The molecule has 4 nitrogen and oxygen atoms in total. The van der Waals surface area contributed by atoms with E-state index >= 15 is 0 Å². The van der Waals surface area contributed by atoms with E-state index in [-0.39, 0.29) is 6.09 Å². The van der Waals surface area contributed by atoms with Crippen LogP contribution in [0.3, 0.4) is 0 Å². The third kappa shape index (κ3) is 4.96. The van der Waals surface area contributed by atoms with Gasteiger partial charge in [-0.05, 0) is 57.7 Å². The van der Waals surface area contributed by atoms with Crippen molar-refractivity contribution in [2.45, 2.75) is 45.6 Å². The molecular formula is C18H24ClNO3. The van der Waals surface area contributed by atoms with E-state index in [1.54, 1.807) is 4.90 Å². The molecule has 1 aliphatic rings. The molecule has 1 aliphatic heterocycles. The van der Waals surface area contributed by atoms with Crippen molar-refractivity contribution >= 4 is 24.0 Å². The van der Waals surface area contributed by atoms with Crippen molar-refractivity contribution in [3.05, 3.63) is 34.9 Å². The molecule has 1 amide bonds. The fourth-order valence-corrected chi connectivity index (χ4v) is 3.06. The van der Waals surface area contributed by atoms with Crippen molar-refractivity contribution in [3.63, 3.8) is 0 Å². The predicted octanol–water partition coefficient (Wildman–Crippen LogP) is 4.10. The van der Waals surface area contributed by atoms with E-state index in [9.17, 15) is 9.59 Å². The molecule has 0 spiro atoms. The van der Waals surface area contributed by atoms with Crippen LogP contribution in [0.25, 0.3) is 0 Å². The lowest BCUT2D eigenvalue weighted by Gasteiger charge is -2.39. The molecule has 1 fully saturated rings. The Morgan fingerprint density at radius 3 is 2.57 bits per heavy atom. The summed E-state index contributed by atoms with van der Waals surface area (Å²) < 4.78 is 5.43. The molecule has 0 N–H and O–H groups in total. The molecule has 0 aromatic heterocycles. The van der Waals surface area contributed by atoms with Gasteiger partial charge in [-0.2, -0.15) is 0 Å². The van der Waals surface area contributed by atoms with Crippen LogP contribution in [0, 0.1) is 5.41 Å². The maximum atomic E-state index is 12.3. The van der Waals surface area contributed by atoms with Crippen molar-refractivity contribution in [1.82, 2.24) is 4.90 Å². The highest BCUT2D eigenvalue weighted by Crippen LogP contribution is 2.33. The van der Waals surface area contributed by atoms with Gasteiger partial charge >= 0.3 is 6.09 Å². The molecule has 1 atom stereocenters. The standard InChI is InChI=1S/C18H24ClNO3/c1-17(2,3)23-16(22)20-10-4-9-18(12-20,13-21)11-14-5-7-15(19)8-6-14/h5-8,13H,4,9-12H2,1-3H3/t18-/m0/s1. The number of benzene rings is 1. The van der Waals surface area contributed by atoms with Gasteiger partial charge in [0, 0.05) is 23.5 Å². The SMILES string of the molecule is CC(C)(C)OC(=O)N1CCC[C@](C=O)(Cc2ccc(Cl)cc2)C1. The van der Waals surface area contributed by atoms with Crippen molar-refractivity contribution in [2.75, 3.05) is 13.1 Å². The number of rotatable bonds is 3. The zero-order valence-corrected chi connectivity index (χ0v) is 14.7. The Bertz CT molecular complexity index is 565. The first-order valence-electron chi connectivity index (χ1n) is 7.92. The number of likely N-dealkylation sites (tertiary alicyclic amines) is 1. The van der Waals surface area contributed by atoms with E-state index < -0.39 is 11.0 Å². The highest BCUT2D eigenvalue weighted by Gasteiger charge is 2.38. The minimum Gasteiger partial charge on any atom is -0.444 e. The number of carbonyl (C=O) groups excluding carboxylic acids is 2. The molecule has 1 heterocycles. The smallest absolute Gasteiger partial charge is 0.410 e. The molecule has 0 saturated carbocycles. The van der Waals surface area contributed by atoms with Crippen molar-refractivity contribution in [2.24, 2.45) is 5.41 Å². The average Bonchev–Trinajstić information content (AvgIpc) is 2.48. The van der Waals surface area contributed by atoms with Gasteiger partial charge in [0.1, 0.15) is 11.9 Å². The first kappa shape index (κ1) is 17.8. The molecule has 0 unspecified atom stereocenters. The highest BCUT2D eigenvalue weighted by atomic mass is 35.5. The third-order valence-electron chi connectivity index (χ3n) is 3.98. The van der Waals surface area contributed by atoms with Crippen LogP contribution in [0.2, 0.25) is 5.02 Å². The summed E-state index contributed by atoms with van der Waals surface area (Å²) >= 11 is 5.91. The van der Waals surface area contributed by atoms with Gasteiger partial charge in [0.25, 0.3) is 0 Å². The molecule has 126 valence electrons. The molecule has 1 aromatic rings. The first-order chi connectivity index (χ1) is 10.7. The normalized spacial score (nSPS) is 21.8. The van der Waals surface area contributed by atoms with Crippen LogP contribution in [0.4, 0.5) is 4.79 Å². The Morgan fingerprint density at radius 2 is 2.00 bits per heavy atom. The number of amides is 1. The summed E-state index contributed by atoms with van der Waals surface area (Å²) in [6, 6.07) is 7.51. The molecule has 5 heteroatoms. The Morgan fingerprint density at radius 1 is 1.35 bits per heavy atom. The average molecular weight is 338 g/mol. The summed E-state index contributed by atoms with van der Waals surface area (Å²) in [5, 5.41) is 0.674. The van der Waals surface area contributed by atoms with E-state index in [2.05, 4.69) is 0 Å². The lowest BCUT2D eigenvalue weighted by atomic mass is 9.76. The number of carbonyl (C=O) groups is 2. The van der Waals surface area contributed by atoms with Crippen LogP contribution >= 0.6 is 11.6 Å². The summed E-state index contributed by atoms with van der Waals surface area (Å²) in [7, 11) is 0. The Hall–Kier alpha value is -1.55. The van der Waals surface area contributed by atoms with Gasteiger partial charge in [0.05, 0.1) is 0 Å². The number of nitrogens with zero attached hydrogens (tertiary/aromatic N) is 1. The van der Waals surface area contributed by atoms with Crippen LogP contribution in [-0.4, -0.2) is 36.0 Å². The largest absolute Gasteiger partial charge is 0.444 e. The minimum absolute atomic E-state index is 0.348. The fraction of sp³-hybridized carbons (Fsp3) is 0.556. The molecule has 0 radical (unpaired) electrons. The van der Waals surface area contributed by atoms with Gasteiger partial charge in [-0.3, -0.25) is 0 Å². The van der Waals surface area contributed by atoms with Crippen LogP contribution in [0.5, 0.6) is 0 Å². The zero-order valence-electron chi connectivity index (χ0n) is 14.0. The van der Waals surface area contributed by atoms with E-state index in [0.717, 1.165) is 24.7 Å². The Labute approximate surface area is 142 Å². The monoisotopic (exact) mass is 337 g/mol. The fourth-order valence-electron chi connectivity index (χ4n) is 2.93. The van der Waals surface area contributed by atoms with E-state index in [4.69, 9.17) is 16.3 Å². The number of ether oxygens (including phenoxy) is 1. The second kappa shape index (κ2) is 6.91. The molecule has 23 heavy (non-hydrogen) atoms. The summed E-state index contributed by atoms with van der Waals surface area (Å²) in [5.41, 5.74) is -0.0371. The summed E-state index contributed by atoms with van der Waals surface area (Å²) in [6.07, 6.45) is 2.83. The maximum absolute atomic E-state index is 12.3. The Kier molecular flexibility index (Phi) is 5.35. The Balaban J connectivity index is 2.10. The van der Waals surface area contributed by atoms with Crippen molar-refractivity contribution in [3.8, 4) is 0 Å². The summed E-state index contributed by atoms with van der Waals surface area (Å²) in [6.45, 7) is 6.56. The van der Waals surface area contributed by atoms with Crippen LogP contribution in [0.1, 0.15) is 39.2 Å². The summed E-state index contributed by atoms with van der Waals surface area (Å²) in [5.74, 6) is 0. The van der Waals surface area contributed by atoms with Crippen LogP contribution < -0.4 is 0 Å². The van der Waals surface area contributed by atoms with Crippen molar-refractivity contribution < 1.29 is 14.3 Å². The van der Waals surface area contributed by atoms with Crippen LogP contribution in [-0.2, 0) is 16.0 Å². The molecule has 0 bridgehead atoms. The quantitative estimate of drug-likeness (QED) is 0.780. The van der Waals surface area contributed by atoms with Gasteiger partial charge in [-0.25, -0.2) is 4.79 Å². The number of hydrogen-bond donors (Lipinski definition) is 0. The second-order valence-electron chi connectivity index (χ2n) is 7.29. The third-order valence-corrected chi connectivity index (χ3v) is 4.23. The highest BCUT2D eigenvalue weighted by molar-refractivity contribution is 6.30. The first-order valence-corrected chi connectivity index (χ1v) is 8.30. The van der Waals surface area contributed by atoms with Crippen LogP contribution in [0.15, 0.2) is 24.3 Å². The van der Waals surface area contributed by atoms with E-state index in [1.165, 1.54) is 0 Å². The molecular weight excluding hydrogens is 314 g/mol. The number of aldehydes is 1. The molecule has 0 aliphatic carbocycles. The minimum atomic E-state index is -0.553. The predicted molar refractivity (Wildman–Crippen MR) is 90.7 cm³/mol. The second-order valence-corrected chi connectivity index (χ2v) is 7.73. The molecule has 1 saturated heterocycles. The van der Waals surface area contributed by atoms with Gasteiger partial charge in [-0.1, -0.05) is 23.7 Å². The lowest BCUT2D eigenvalue weighted by Crippen LogP contribution is -2.49.